The third-order valence-electron chi connectivity index (χ3n) is 4.74. The minimum Gasteiger partial charge on any atom is -0.438 e. The van der Waals surface area contributed by atoms with E-state index in [1.165, 1.54) is 12.3 Å². The average Bonchev–Trinajstić information content (AvgIpc) is 3.22. The first-order chi connectivity index (χ1) is 14.2. The van der Waals surface area contributed by atoms with Crippen LogP contribution in [-0.2, 0) is 9.84 Å². The molecular weight excluding hydrogens is 426 g/mol. The maximum absolute atomic E-state index is 12.8. The summed E-state index contributed by atoms with van der Waals surface area (Å²) in [6.45, 7) is 1.67. The molecule has 1 fully saturated rings. The Morgan fingerprint density at radius 2 is 1.93 bits per heavy atom. The van der Waals surface area contributed by atoms with E-state index in [9.17, 15) is 13.2 Å². The molecule has 0 bridgehead atoms. The van der Waals surface area contributed by atoms with Gasteiger partial charge in [-0.1, -0.05) is 30.5 Å². The lowest BCUT2D eigenvalue weighted by Crippen LogP contribution is -2.31. The Morgan fingerprint density at radius 1 is 1.27 bits per heavy atom. The fourth-order valence-corrected chi connectivity index (χ4v) is 3.85. The van der Waals surface area contributed by atoms with Crippen molar-refractivity contribution in [3.05, 3.63) is 58.4 Å². The first-order valence-electron chi connectivity index (χ1n) is 9.71. The lowest BCUT2D eigenvalue weighted by Gasteiger charge is -2.15. The van der Waals surface area contributed by atoms with Crippen LogP contribution in [-0.4, -0.2) is 36.6 Å². The van der Waals surface area contributed by atoms with Crippen LogP contribution in [0.25, 0.3) is 0 Å². The molecule has 30 heavy (non-hydrogen) atoms. The highest BCUT2D eigenvalue weighted by Crippen LogP contribution is 2.34. The van der Waals surface area contributed by atoms with E-state index in [4.69, 9.17) is 16.3 Å². The summed E-state index contributed by atoms with van der Waals surface area (Å²) in [7, 11) is -3.28. The summed E-state index contributed by atoms with van der Waals surface area (Å²) in [6, 6.07) is 6.25. The van der Waals surface area contributed by atoms with Gasteiger partial charge in [-0.25, -0.2) is 13.4 Å². The molecule has 1 aromatic heterocycles. The maximum Gasteiger partial charge on any atom is 0.258 e. The Hall–Kier alpha value is -2.45. The minimum atomic E-state index is -3.28. The van der Waals surface area contributed by atoms with E-state index in [0.717, 1.165) is 37.3 Å². The molecule has 1 aliphatic carbocycles. The number of ether oxygens (including phenoxy) is 1. The zero-order valence-electron chi connectivity index (χ0n) is 16.8. The summed E-state index contributed by atoms with van der Waals surface area (Å²) in [5.41, 5.74) is 0.173. The molecule has 1 unspecified atom stereocenters. The first-order valence-corrected chi connectivity index (χ1v) is 12.0. The summed E-state index contributed by atoms with van der Waals surface area (Å²) in [5, 5.41) is 4.35. The number of carbonyl (C=O) groups is 1. The normalized spacial score (nSPS) is 16.0. The van der Waals surface area contributed by atoms with Gasteiger partial charge in [0.05, 0.1) is 0 Å². The zero-order valence-corrected chi connectivity index (χ0v) is 18.4. The fourth-order valence-electron chi connectivity index (χ4n) is 3.20. The van der Waals surface area contributed by atoms with Crippen LogP contribution in [0.15, 0.2) is 41.9 Å². The highest BCUT2D eigenvalue weighted by molar-refractivity contribution is 7.93. The van der Waals surface area contributed by atoms with E-state index in [1.54, 1.807) is 31.2 Å². The van der Waals surface area contributed by atoms with Gasteiger partial charge < -0.3 is 10.1 Å². The van der Waals surface area contributed by atoms with Gasteiger partial charge in [0.15, 0.2) is 9.84 Å². The van der Waals surface area contributed by atoms with E-state index < -0.39 is 21.8 Å². The molecule has 1 N–H and O–H groups in total. The van der Waals surface area contributed by atoms with Crippen molar-refractivity contribution in [2.75, 3.05) is 6.26 Å². The molecule has 2 aromatic rings. The second kappa shape index (κ2) is 9.57. The Kier molecular flexibility index (Phi) is 7.10. The third kappa shape index (κ3) is 6.27. The van der Waals surface area contributed by atoms with Gasteiger partial charge >= 0.3 is 0 Å². The molecule has 1 aliphatic rings. The number of carbonyl (C=O) groups excluding carboxylic acids is 1. The van der Waals surface area contributed by atoms with E-state index >= 15 is 0 Å². The van der Waals surface area contributed by atoms with E-state index in [0.29, 0.717) is 16.6 Å². The van der Waals surface area contributed by atoms with Crippen LogP contribution in [0.5, 0.6) is 11.6 Å². The summed E-state index contributed by atoms with van der Waals surface area (Å²) in [5.74, 6) is 1.12. The predicted octanol–water partition coefficient (Wildman–Crippen LogP) is 4.26. The van der Waals surface area contributed by atoms with Gasteiger partial charge in [-0.15, -0.1) is 0 Å². The molecule has 1 heterocycles. The Balaban J connectivity index is 1.86. The second-order valence-electron chi connectivity index (χ2n) is 7.40. The number of benzene rings is 1. The van der Waals surface area contributed by atoms with Gasteiger partial charge in [-0.05, 0) is 44.0 Å². The predicted molar refractivity (Wildman–Crippen MR) is 116 cm³/mol. The van der Waals surface area contributed by atoms with Gasteiger partial charge in [0.2, 0.25) is 5.88 Å². The average molecular weight is 450 g/mol. The smallest absolute Gasteiger partial charge is 0.258 e. The summed E-state index contributed by atoms with van der Waals surface area (Å²) in [6.07, 6.45) is 8.25. The van der Waals surface area contributed by atoms with Crippen molar-refractivity contribution in [1.29, 1.82) is 0 Å². The molecule has 0 radical (unpaired) electrons. The Bertz CT molecular complexity index is 1030. The third-order valence-corrected chi connectivity index (χ3v) is 5.64. The molecule has 1 atom stereocenters. The second-order valence-corrected chi connectivity index (χ2v) is 9.77. The molecule has 0 spiro atoms. The van der Waals surface area contributed by atoms with Crippen LogP contribution < -0.4 is 10.1 Å². The van der Waals surface area contributed by atoms with Gasteiger partial charge in [0.25, 0.3) is 5.91 Å². The maximum atomic E-state index is 12.8. The molecule has 9 heteroatoms. The molecule has 1 amide bonds. The molecule has 3 rings (SSSR count). The van der Waals surface area contributed by atoms with Crippen molar-refractivity contribution in [3.8, 4) is 11.6 Å². The lowest BCUT2D eigenvalue weighted by atomic mass is 10.1. The van der Waals surface area contributed by atoms with Crippen molar-refractivity contribution in [1.82, 2.24) is 15.3 Å². The summed E-state index contributed by atoms with van der Waals surface area (Å²) >= 11 is 5.93. The highest BCUT2D eigenvalue weighted by atomic mass is 35.5. The number of hydrogen-bond donors (Lipinski definition) is 1. The van der Waals surface area contributed by atoms with Crippen LogP contribution in [0.2, 0.25) is 5.02 Å². The molecule has 1 saturated carbocycles. The molecule has 0 aliphatic heterocycles. The number of sulfone groups is 1. The molecule has 1 aromatic carbocycles. The number of amides is 1. The quantitative estimate of drug-likeness (QED) is 0.678. The van der Waals surface area contributed by atoms with E-state index in [2.05, 4.69) is 15.3 Å². The fraction of sp³-hybridized carbons (Fsp3) is 0.381. The van der Waals surface area contributed by atoms with Gasteiger partial charge in [0.1, 0.15) is 17.1 Å². The first kappa shape index (κ1) is 22.2. The van der Waals surface area contributed by atoms with Crippen LogP contribution in [0.4, 0.5) is 0 Å². The monoisotopic (exact) mass is 449 g/mol. The molecular formula is C21H24ClN3O4S. The van der Waals surface area contributed by atoms with Crippen LogP contribution in [0.1, 0.15) is 54.7 Å². The van der Waals surface area contributed by atoms with Crippen molar-refractivity contribution >= 4 is 27.3 Å². The van der Waals surface area contributed by atoms with Gasteiger partial charge in [-0.2, -0.15) is 4.98 Å². The van der Waals surface area contributed by atoms with Gasteiger partial charge in [-0.3, -0.25) is 4.79 Å². The Labute approximate surface area is 181 Å². The van der Waals surface area contributed by atoms with Crippen LogP contribution in [0, 0.1) is 0 Å². The number of aromatic nitrogens is 2. The number of halogens is 1. The minimum absolute atomic E-state index is 0.158. The number of nitrogens with one attached hydrogen (secondary N) is 1. The molecule has 0 saturated heterocycles. The van der Waals surface area contributed by atoms with E-state index in [-0.39, 0.29) is 17.4 Å². The number of rotatable bonds is 7. The van der Waals surface area contributed by atoms with E-state index in [1.807, 2.05) is 0 Å². The topological polar surface area (TPSA) is 98.2 Å². The highest BCUT2D eigenvalue weighted by Gasteiger charge is 2.24. The van der Waals surface area contributed by atoms with Crippen LogP contribution in [0.3, 0.4) is 0 Å². The SMILES string of the molecule is CC(/C=C/S(C)(=O)=O)NC(=O)c1cnc(C2CCCC2)nc1Oc1ccc(Cl)cc1. The van der Waals surface area contributed by atoms with Crippen molar-refractivity contribution in [2.24, 2.45) is 0 Å². The molecule has 7 nitrogen and oxygen atoms in total. The zero-order chi connectivity index (χ0) is 21.7. The van der Waals surface area contributed by atoms with Gasteiger partial charge in [0, 0.05) is 34.8 Å². The molecule has 160 valence electrons. The van der Waals surface area contributed by atoms with Crippen LogP contribution >= 0.6 is 11.6 Å². The number of nitrogens with zero attached hydrogens (tertiary/aromatic N) is 2. The number of hydrogen-bond acceptors (Lipinski definition) is 6. The summed E-state index contributed by atoms with van der Waals surface area (Å²) in [4.78, 5) is 21.8. The summed E-state index contributed by atoms with van der Waals surface area (Å²) < 4.78 is 28.5. The van der Waals surface area contributed by atoms with Crippen molar-refractivity contribution in [2.45, 2.75) is 44.6 Å². The largest absolute Gasteiger partial charge is 0.438 e. The van der Waals surface area contributed by atoms with Crippen molar-refractivity contribution in [3.63, 3.8) is 0 Å². The van der Waals surface area contributed by atoms with Crippen molar-refractivity contribution < 1.29 is 17.9 Å². The lowest BCUT2D eigenvalue weighted by molar-refractivity contribution is 0.0943. The standard InChI is InChI=1S/C21H24ClN3O4S/c1-14(11-12-30(2,27)28)24-20(26)18-13-23-19(15-5-3-4-6-15)25-21(18)29-17-9-7-16(22)8-10-17/h7-15H,3-6H2,1-2H3,(H,24,26)/b12-11+. The Morgan fingerprint density at radius 3 is 2.57 bits per heavy atom.